The minimum atomic E-state index is -0.824. The molecule has 11 heteroatoms. The number of nitrogens with zero attached hydrogens (tertiary/aromatic N) is 1. The number of ether oxygens (including phenoxy) is 3. The summed E-state index contributed by atoms with van der Waals surface area (Å²) >= 11 is 3.11. The van der Waals surface area contributed by atoms with Crippen molar-refractivity contribution in [1.82, 2.24) is 15.5 Å². The van der Waals surface area contributed by atoms with Crippen LogP contribution in [0.15, 0.2) is 46.8 Å². The van der Waals surface area contributed by atoms with Gasteiger partial charge in [0.1, 0.15) is 23.7 Å². The number of benzene rings is 1. The molecule has 2 amide bonds. The van der Waals surface area contributed by atoms with Crippen LogP contribution in [0.5, 0.6) is 5.75 Å². The highest BCUT2D eigenvalue weighted by atomic mass is 79.9. The van der Waals surface area contributed by atoms with Crippen LogP contribution in [0.4, 0.5) is 4.39 Å². The predicted octanol–water partition coefficient (Wildman–Crippen LogP) is 3.46. The van der Waals surface area contributed by atoms with Crippen LogP contribution in [0.2, 0.25) is 0 Å². The van der Waals surface area contributed by atoms with Crippen LogP contribution >= 0.6 is 15.9 Å². The Morgan fingerprint density at radius 1 is 1.42 bits per heavy atom. The smallest absolute Gasteiger partial charge is 0.251 e. The van der Waals surface area contributed by atoms with Gasteiger partial charge in [0, 0.05) is 18.8 Å². The van der Waals surface area contributed by atoms with Gasteiger partial charge in [-0.05, 0) is 60.3 Å². The Kier molecular flexibility index (Phi) is 9.26. The standard InChI is InChI=1S/C25H32BrFN4O5/c1-15(2)10-19(24(33)30-21(28)8-9-29-12-17-14-34-25(3,4)36-17)31-13-16(11-22(31)32)35-20-7-5-6-18(26)23(20)27/h5-9,11,15,17,19,29H,10,12-14H2,1-4H3,(H2,28,30,33)/b9-8-/t17-,19+/m1/s1. The summed E-state index contributed by atoms with van der Waals surface area (Å²) in [4.78, 5) is 27.1. The zero-order valence-electron chi connectivity index (χ0n) is 20.8. The molecule has 1 fully saturated rings. The Hall–Kier alpha value is -2.76. The first-order valence-corrected chi connectivity index (χ1v) is 12.5. The van der Waals surface area contributed by atoms with E-state index >= 15 is 0 Å². The average Bonchev–Trinajstić information content (AvgIpc) is 3.33. The summed E-state index contributed by atoms with van der Waals surface area (Å²) in [6, 6.07) is 3.80. The maximum atomic E-state index is 14.3. The van der Waals surface area contributed by atoms with Gasteiger partial charge >= 0.3 is 0 Å². The van der Waals surface area contributed by atoms with Crippen molar-refractivity contribution in [2.45, 2.75) is 52.0 Å². The highest BCUT2D eigenvalue weighted by Gasteiger charge is 2.35. The number of hydrogen-bond donors (Lipinski definition) is 3. The number of carbonyl (C=O) groups is 2. The Morgan fingerprint density at radius 3 is 2.83 bits per heavy atom. The van der Waals surface area contributed by atoms with Crippen molar-refractivity contribution in [3.8, 4) is 5.75 Å². The van der Waals surface area contributed by atoms with Crippen LogP contribution in [0.1, 0.15) is 34.1 Å². The maximum Gasteiger partial charge on any atom is 0.251 e. The summed E-state index contributed by atoms with van der Waals surface area (Å²) in [6.45, 7) is 8.54. The summed E-state index contributed by atoms with van der Waals surface area (Å²) in [5.41, 5.74) is 0. The number of nitrogens with one attached hydrogen (secondary N) is 3. The van der Waals surface area contributed by atoms with Crippen molar-refractivity contribution >= 4 is 33.6 Å². The molecule has 1 aromatic carbocycles. The lowest BCUT2D eigenvalue weighted by Crippen LogP contribution is -2.49. The van der Waals surface area contributed by atoms with E-state index in [0.717, 1.165) is 0 Å². The van der Waals surface area contributed by atoms with Crippen LogP contribution in [-0.2, 0) is 19.1 Å². The fourth-order valence-corrected chi connectivity index (χ4v) is 4.18. The molecule has 0 spiro atoms. The Labute approximate surface area is 218 Å². The monoisotopic (exact) mass is 566 g/mol. The van der Waals surface area contributed by atoms with Crippen molar-refractivity contribution in [3.63, 3.8) is 0 Å². The van der Waals surface area contributed by atoms with E-state index < -0.39 is 29.5 Å². The van der Waals surface area contributed by atoms with Crippen LogP contribution in [0.3, 0.4) is 0 Å². The van der Waals surface area contributed by atoms with E-state index in [1.165, 1.54) is 23.1 Å². The highest BCUT2D eigenvalue weighted by Crippen LogP contribution is 2.28. The molecule has 0 radical (unpaired) electrons. The van der Waals surface area contributed by atoms with Gasteiger partial charge < -0.3 is 29.7 Å². The zero-order valence-corrected chi connectivity index (χ0v) is 22.4. The van der Waals surface area contributed by atoms with Gasteiger partial charge in [0.2, 0.25) is 5.91 Å². The second-order valence-corrected chi connectivity index (χ2v) is 10.3. The molecule has 3 N–H and O–H groups in total. The van der Waals surface area contributed by atoms with Gasteiger partial charge in [-0.15, -0.1) is 0 Å². The average molecular weight is 567 g/mol. The Balaban J connectivity index is 1.56. The first kappa shape index (κ1) is 27.8. The van der Waals surface area contributed by atoms with Crippen LogP contribution in [0.25, 0.3) is 0 Å². The lowest BCUT2D eigenvalue weighted by molar-refractivity contribution is -0.137. The molecule has 1 saturated heterocycles. The third-order valence-electron chi connectivity index (χ3n) is 5.46. The van der Waals surface area contributed by atoms with Crippen LogP contribution < -0.4 is 15.4 Å². The molecule has 196 valence electrons. The summed E-state index contributed by atoms with van der Waals surface area (Å²) < 4.78 is 31.3. The van der Waals surface area contributed by atoms with Crippen molar-refractivity contribution in [1.29, 1.82) is 5.41 Å². The number of halogens is 2. The summed E-state index contributed by atoms with van der Waals surface area (Å²) in [7, 11) is 0. The molecular formula is C25H32BrFN4O5. The van der Waals surface area contributed by atoms with E-state index in [1.807, 2.05) is 27.7 Å². The molecule has 0 bridgehead atoms. The third kappa shape index (κ3) is 7.62. The molecule has 1 aromatic rings. The Morgan fingerprint density at radius 2 is 2.17 bits per heavy atom. The molecule has 0 aliphatic carbocycles. The molecule has 2 aliphatic rings. The van der Waals surface area contributed by atoms with Gasteiger partial charge in [0.05, 0.1) is 17.6 Å². The minimum Gasteiger partial charge on any atom is -0.456 e. The first-order valence-electron chi connectivity index (χ1n) is 11.7. The van der Waals surface area contributed by atoms with Crippen molar-refractivity contribution in [3.05, 3.63) is 52.6 Å². The number of amides is 2. The third-order valence-corrected chi connectivity index (χ3v) is 6.08. The van der Waals surface area contributed by atoms with E-state index in [-0.39, 0.29) is 40.4 Å². The van der Waals surface area contributed by atoms with E-state index in [2.05, 4.69) is 26.6 Å². The summed E-state index contributed by atoms with van der Waals surface area (Å²) in [5.74, 6) is -1.89. The van der Waals surface area contributed by atoms with Crippen molar-refractivity contribution in [2.75, 3.05) is 19.7 Å². The van der Waals surface area contributed by atoms with Gasteiger partial charge in [0.25, 0.3) is 5.91 Å². The quantitative estimate of drug-likeness (QED) is 0.295. The largest absolute Gasteiger partial charge is 0.456 e. The molecule has 2 heterocycles. The number of carbonyl (C=O) groups excluding carboxylic acids is 2. The highest BCUT2D eigenvalue weighted by molar-refractivity contribution is 9.10. The van der Waals surface area contributed by atoms with Gasteiger partial charge in [-0.25, -0.2) is 4.39 Å². The topological polar surface area (TPSA) is 113 Å². The second-order valence-electron chi connectivity index (χ2n) is 9.47. The molecule has 9 nitrogen and oxygen atoms in total. The van der Waals surface area contributed by atoms with Crippen molar-refractivity contribution in [2.24, 2.45) is 5.92 Å². The first-order chi connectivity index (χ1) is 16.9. The second kappa shape index (κ2) is 12.0. The van der Waals surface area contributed by atoms with E-state index in [4.69, 9.17) is 19.6 Å². The number of rotatable bonds is 10. The maximum absolute atomic E-state index is 14.3. The summed E-state index contributed by atoms with van der Waals surface area (Å²) in [6.07, 6.45) is 4.50. The van der Waals surface area contributed by atoms with Crippen LogP contribution in [-0.4, -0.2) is 60.2 Å². The Bertz CT molecular complexity index is 1060. The van der Waals surface area contributed by atoms with Gasteiger partial charge in [-0.3, -0.25) is 15.0 Å². The fraction of sp³-hybridized carbons (Fsp3) is 0.480. The van der Waals surface area contributed by atoms with E-state index in [0.29, 0.717) is 19.6 Å². The molecular weight excluding hydrogens is 535 g/mol. The lowest BCUT2D eigenvalue weighted by atomic mass is 10.0. The number of hydrogen-bond acceptors (Lipinski definition) is 7. The lowest BCUT2D eigenvalue weighted by Gasteiger charge is -2.28. The van der Waals surface area contributed by atoms with E-state index in [9.17, 15) is 14.0 Å². The SMILES string of the molecule is CC(C)C[C@@H](C(=O)NC(=N)/C=C\NC[C@@H]1COC(C)(C)O1)N1CC(Oc2cccc(Br)c2F)=CC1=O. The molecule has 0 saturated carbocycles. The molecule has 0 unspecified atom stereocenters. The van der Waals surface area contributed by atoms with E-state index in [1.54, 1.807) is 18.3 Å². The molecule has 3 rings (SSSR count). The van der Waals surface area contributed by atoms with Gasteiger partial charge in [-0.2, -0.15) is 0 Å². The molecule has 2 atom stereocenters. The van der Waals surface area contributed by atoms with Gasteiger partial charge in [0.15, 0.2) is 17.4 Å². The summed E-state index contributed by atoms with van der Waals surface area (Å²) in [5, 5.41) is 13.7. The number of amidine groups is 1. The fourth-order valence-electron chi connectivity index (χ4n) is 3.83. The zero-order chi connectivity index (χ0) is 26.5. The normalized spacial score (nSPS) is 20.1. The molecule has 2 aliphatic heterocycles. The van der Waals surface area contributed by atoms with Crippen LogP contribution in [0, 0.1) is 17.1 Å². The van der Waals surface area contributed by atoms with Crippen molar-refractivity contribution < 1.29 is 28.2 Å². The molecule has 36 heavy (non-hydrogen) atoms. The minimum absolute atomic E-state index is 0.0140. The molecule has 0 aromatic heterocycles. The predicted molar refractivity (Wildman–Crippen MR) is 136 cm³/mol. The van der Waals surface area contributed by atoms with Gasteiger partial charge in [-0.1, -0.05) is 19.9 Å².